The van der Waals surface area contributed by atoms with Crippen molar-refractivity contribution in [3.63, 3.8) is 0 Å². The zero-order valence-electron chi connectivity index (χ0n) is 19.8. The molecule has 35 heavy (non-hydrogen) atoms. The molecule has 7 nitrogen and oxygen atoms in total. The largest absolute Gasteiger partial charge is 0.495 e. The van der Waals surface area contributed by atoms with Gasteiger partial charge in [-0.15, -0.1) is 0 Å². The first-order valence-corrected chi connectivity index (χ1v) is 11.6. The highest BCUT2D eigenvalue weighted by atomic mass is 16.5. The van der Waals surface area contributed by atoms with Crippen molar-refractivity contribution in [3.05, 3.63) is 98.6 Å². The summed E-state index contributed by atoms with van der Waals surface area (Å²) >= 11 is 0. The summed E-state index contributed by atoms with van der Waals surface area (Å²) in [5.74, 6) is 0.712. The highest BCUT2D eigenvalue weighted by molar-refractivity contribution is 6.21. The van der Waals surface area contributed by atoms with E-state index in [2.05, 4.69) is 29.0 Å². The van der Waals surface area contributed by atoms with Crippen LogP contribution in [-0.4, -0.2) is 35.2 Å². The Bertz CT molecular complexity index is 1600. The molecule has 1 amide bonds. The minimum atomic E-state index is -0.871. The van der Waals surface area contributed by atoms with Crippen LogP contribution in [0.2, 0.25) is 0 Å². The van der Waals surface area contributed by atoms with E-state index in [4.69, 9.17) is 9.73 Å². The third-order valence-corrected chi connectivity index (χ3v) is 6.74. The maximum atomic E-state index is 14.0. The third-order valence-electron chi connectivity index (χ3n) is 6.74. The first-order valence-electron chi connectivity index (χ1n) is 11.6. The molecule has 0 saturated heterocycles. The summed E-state index contributed by atoms with van der Waals surface area (Å²) in [5.41, 5.74) is 6.62. The van der Waals surface area contributed by atoms with Crippen LogP contribution in [0.3, 0.4) is 0 Å². The second-order valence-corrected chi connectivity index (χ2v) is 9.04. The number of aliphatic imine (C=N–C) groups is 1. The lowest BCUT2D eigenvalue weighted by atomic mass is 9.96. The van der Waals surface area contributed by atoms with Crippen molar-refractivity contribution in [3.8, 4) is 5.75 Å². The highest BCUT2D eigenvalue weighted by Gasteiger charge is 2.38. The van der Waals surface area contributed by atoms with Crippen LogP contribution in [0.25, 0.3) is 10.9 Å². The number of ether oxygens (including phenoxy) is 1. The van der Waals surface area contributed by atoms with E-state index in [0.717, 1.165) is 40.1 Å². The van der Waals surface area contributed by atoms with E-state index in [9.17, 15) is 9.59 Å². The summed E-state index contributed by atoms with van der Waals surface area (Å²) < 4.78 is 5.74. The van der Waals surface area contributed by atoms with Crippen LogP contribution in [-0.2, 0) is 11.2 Å². The molecule has 3 heterocycles. The van der Waals surface area contributed by atoms with Gasteiger partial charge in [0.05, 0.1) is 24.0 Å². The number of hydrogen-bond acceptors (Lipinski definition) is 5. The van der Waals surface area contributed by atoms with E-state index in [0.29, 0.717) is 34.6 Å². The number of carbonyl (C=O) groups is 1. The molecular weight excluding hydrogens is 440 g/mol. The zero-order chi connectivity index (χ0) is 24.3. The van der Waals surface area contributed by atoms with E-state index < -0.39 is 6.04 Å². The number of rotatable bonds is 3. The molecule has 1 atom stereocenters. The van der Waals surface area contributed by atoms with Crippen molar-refractivity contribution in [2.45, 2.75) is 26.3 Å². The van der Waals surface area contributed by atoms with Crippen molar-refractivity contribution in [1.29, 1.82) is 0 Å². The lowest BCUT2D eigenvalue weighted by molar-refractivity contribution is -0.119. The number of nitrogens with one attached hydrogen (secondary N) is 1. The molecule has 1 N–H and O–H groups in total. The molecule has 4 aromatic rings. The molecule has 2 aliphatic rings. The molecule has 0 saturated carbocycles. The third kappa shape index (κ3) is 3.26. The summed E-state index contributed by atoms with van der Waals surface area (Å²) in [4.78, 5) is 41.0. The van der Waals surface area contributed by atoms with E-state index in [1.54, 1.807) is 19.1 Å². The molecule has 2 aliphatic heterocycles. The fourth-order valence-electron chi connectivity index (χ4n) is 5.31. The minimum absolute atomic E-state index is 0.131. The molecule has 6 rings (SSSR count). The van der Waals surface area contributed by atoms with Crippen molar-refractivity contribution in [2.24, 2.45) is 4.99 Å². The summed E-state index contributed by atoms with van der Waals surface area (Å²) in [6.07, 6.45) is 0.794. The second-order valence-electron chi connectivity index (χ2n) is 9.04. The number of anilines is 1. The predicted molar refractivity (Wildman–Crippen MR) is 136 cm³/mol. The van der Waals surface area contributed by atoms with Gasteiger partial charge in [-0.1, -0.05) is 48.0 Å². The van der Waals surface area contributed by atoms with Gasteiger partial charge in [-0.2, -0.15) is 0 Å². The van der Waals surface area contributed by atoms with Crippen LogP contribution < -0.4 is 15.2 Å². The second kappa shape index (κ2) is 7.91. The van der Waals surface area contributed by atoms with E-state index in [-0.39, 0.29) is 11.5 Å². The molecular formula is C28H24N4O3. The molecule has 0 radical (unpaired) electrons. The average molecular weight is 465 g/mol. The molecule has 0 fully saturated rings. The Morgan fingerprint density at radius 3 is 2.63 bits per heavy atom. The maximum absolute atomic E-state index is 14.0. The van der Waals surface area contributed by atoms with Crippen molar-refractivity contribution >= 4 is 28.2 Å². The van der Waals surface area contributed by atoms with Crippen LogP contribution in [0.15, 0.2) is 64.4 Å². The van der Waals surface area contributed by atoms with Crippen molar-refractivity contribution in [2.75, 3.05) is 18.6 Å². The normalized spacial score (nSPS) is 16.8. The Kier molecular flexibility index (Phi) is 4.81. The van der Waals surface area contributed by atoms with E-state index in [1.165, 1.54) is 7.11 Å². The topological polar surface area (TPSA) is 87.7 Å². The quantitative estimate of drug-likeness (QED) is 0.496. The number of nitrogens with zero attached hydrogens (tertiary/aromatic N) is 3. The monoisotopic (exact) mass is 464 g/mol. The van der Waals surface area contributed by atoms with Gasteiger partial charge in [0, 0.05) is 23.2 Å². The van der Waals surface area contributed by atoms with Crippen LogP contribution in [0.5, 0.6) is 5.75 Å². The highest BCUT2D eigenvalue weighted by Crippen LogP contribution is 2.42. The number of H-pyrrole nitrogens is 1. The van der Waals surface area contributed by atoms with Gasteiger partial charge in [0.25, 0.3) is 11.5 Å². The first kappa shape index (κ1) is 21.3. The van der Waals surface area contributed by atoms with Gasteiger partial charge in [-0.25, -0.2) is 4.98 Å². The fraction of sp³-hybridized carbons (Fsp3) is 0.214. The van der Waals surface area contributed by atoms with Gasteiger partial charge in [0.15, 0.2) is 6.04 Å². The molecule has 3 aromatic carbocycles. The van der Waals surface area contributed by atoms with E-state index >= 15 is 0 Å². The Balaban J connectivity index is 1.66. The Morgan fingerprint density at radius 1 is 1.06 bits per heavy atom. The van der Waals surface area contributed by atoms with Crippen LogP contribution in [0.4, 0.5) is 5.69 Å². The Labute approximate surface area is 202 Å². The van der Waals surface area contributed by atoms with Crippen LogP contribution >= 0.6 is 0 Å². The van der Waals surface area contributed by atoms with Gasteiger partial charge in [-0.05, 0) is 38.0 Å². The number of hydrogen-bond donors (Lipinski definition) is 1. The number of amides is 1. The van der Waals surface area contributed by atoms with Crippen molar-refractivity contribution in [1.82, 2.24) is 9.97 Å². The summed E-state index contributed by atoms with van der Waals surface area (Å²) in [7, 11) is 1.51. The maximum Gasteiger partial charge on any atom is 0.262 e. The molecule has 0 aliphatic carbocycles. The summed E-state index contributed by atoms with van der Waals surface area (Å²) in [5, 5.41) is 0.319. The lowest BCUT2D eigenvalue weighted by Crippen LogP contribution is -2.32. The van der Waals surface area contributed by atoms with Gasteiger partial charge >= 0.3 is 0 Å². The van der Waals surface area contributed by atoms with Gasteiger partial charge in [0.2, 0.25) is 0 Å². The number of aryl methyl sites for hydroxylation is 2. The lowest BCUT2D eigenvalue weighted by Gasteiger charge is -2.22. The SMILES string of the molecule is COc1c(C2N=C(c3ccccc3)c3cc(C)cc4c3N(CC4)C2=O)ccc2nc(C)[nH]c(=O)c12. The van der Waals surface area contributed by atoms with Crippen LogP contribution in [0, 0.1) is 13.8 Å². The number of benzene rings is 3. The molecule has 1 unspecified atom stereocenters. The first-order chi connectivity index (χ1) is 17.0. The fourth-order valence-corrected chi connectivity index (χ4v) is 5.31. The van der Waals surface area contributed by atoms with Crippen LogP contribution in [0.1, 0.15) is 39.7 Å². The summed E-state index contributed by atoms with van der Waals surface area (Å²) in [6, 6.07) is 16.9. The smallest absolute Gasteiger partial charge is 0.262 e. The minimum Gasteiger partial charge on any atom is -0.495 e. The Hall–Kier alpha value is -4.26. The number of methoxy groups -OCH3 is 1. The molecule has 174 valence electrons. The van der Waals surface area contributed by atoms with Gasteiger partial charge in [-0.3, -0.25) is 14.6 Å². The molecule has 7 heteroatoms. The zero-order valence-corrected chi connectivity index (χ0v) is 19.8. The van der Waals surface area contributed by atoms with Gasteiger partial charge < -0.3 is 14.6 Å². The number of fused-ring (bicyclic) bond motifs is 1. The van der Waals surface area contributed by atoms with E-state index in [1.807, 2.05) is 35.2 Å². The number of aromatic amines is 1. The van der Waals surface area contributed by atoms with Gasteiger partial charge in [0.1, 0.15) is 17.0 Å². The molecule has 1 aromatic heterocycles. The number of aromatic nitrogens is 2. The van der Waals surface area contributed by atoms with Crippen molar-refractivity contribution < 1.29 is 9.53 Å². The molecule has 0 spiro atoms. The molecule has 0 bridgehead atoms. The number of carbonyl (C=O) groups excluding carboxylic acids is 1. The predicted octanol–water partition coefficient (Wildman–Crippen LogP) is 4.03. The Morgan fingerprint density at radius 2 is 1.86 bits per heavy atom. The summed E-state index contributed by atoms with van der Waals surface area (Å²) in [6.45, 7) is 4.40. The average Bonchev–Trinajstić information content (AvgIpc) is 3.22. The standard InChI is InChI=1S/C28H24N4O3/c1-15-13-18-11-12-32-25(18)20(14-15)23(17-7-5-4-6-8-17)31-24(28(32)34)19-9-10-21-22(26(19)35-3)27(33)30-16(2)29-21/h4-10,13-14,24H,11-12H2,1-3H3,(H,29,30,33).